The number of rotatable bonds is 6. The molecule has 0 amide bonds. The van der Waals surface area contributed by atoms with Gasteiger partial charge in [-0.3, -0.25) is 20.4 Å². The van der Waals surface area contributed by atoms with E-state index in [0.29, 0.717) is 11.4 Å². The molecular formula is C20H17N4NaO5S. The van der Waals surface area contributed by atoms with Crippen molar-refractivity contribution < 1.29 is 42.5 Å². The van der Waals surface area contributed by atoms with Gasteiger partial charge in [0.05, 0.1) is 16.3 Å². The van der Waals surface area contributed by atoms with Crippen LogP contribution in [0, 0.1) is 0 Å². The van der Waals surface area contributed by atoms with E-state index in [1.54, 1.807) is 12.1 Å². The predicted molar refractivity (Wildman–Crippen MR) is 110 cm³/mol. The fourth-order valence-electron chi connectivity index (χ4n) is 2.49. The normalized spacial score (nSPS) is 12.3. The van der Waals surface area contributed by atoms with Crippen molar-refractivity contribution in [3.8, 4) is 0 Å². The Balaban J connectivity index is 0.00000341. The fraction of sp³-hybridized carbons (Fsp3) is 0.100. The first-order chi connectivity index (χ1) is 14.3. The molecule has 0 radical (unpaired) electrons. The molecule has 0 saturated heterocycles. The number of aryl methyl sites for hydroxylation is 1. The Morgan fingerprint density at radius 2 is 1.39 bits per heavy atom. The van der Waals surface area contributed by atoms with Gasteiger partial charge >= 0.3 is 29.6 Å². The molecule has 11 heteroatoms. The van der Waals surface area contributed by atoms with Crippen LogP contribution in [0.5, 0.6) is 0 Å². The van der Waals surface area contributed by atoms with Crippen molar-refractivity contribution in [2.24, 2.45) is 10.2 Å². The molecule has 0 aliphatic carbocycles. The van der Waals surface area contributed by atoms with Crippen molar-refractivity contribution in [1.82, 2.24) is 0 Å². The summed E-state index contributed by atoms with van der Waals surface area (Å²) in [5.74, 6) is 0. The second-order valence-corrected chi connectivity index (χ2v) is 7.62. The van der Waals surface area contributed by atoms with Crippen LogP contribution in [0.15, 0.2) is 85.4 Å². The van der Waals surface area contributed by atoms with Crippen molar-refractivity contribution in [2.45, 2.75) is 18.2 Å². The maximum Gasteiger partial charge on any atom is 1.00 e. The first kappa shape index (κ1) is 24.6. The molecule has 154 valence electrons. The summed E-state index contributed by atoms with van der Waals surface area (Å²) < 4.78 is 32.8. The zero-order valence-electron chi connectivity index (χ0n) is 16.8. The standard InChI is InChI=1S/C20H18N4O5S.Na/c1-2-13-3-5-14(6-4-13)22-24-19-18(25)12-11-17(20(19)26)23-21-15-7-9-16(10-8-15)30(27,28)29;/h3-12,21-22H,2H2,1H3,(H,27,28,29);/q;+1/p-1. The maximum atomic E-state index is 12.5. The summed E-state index contributed by atoms with van der Waals surface area (Å²) >= 11 is 0. The Labute approximate surface area is 199 Å². The number of anilines is 2. The van der Waals surface area contributed by atoms with Gasteiger partial charge in [-0.2, -0.15) is 10.2 Å². The predicted octanol–water partition coefficient (Wildman–Crippen LogP) is -2.39. The Morgan fingerprint density at radius 1 is 0.839 bits per heavy atom. The van der Waals surface area contributed by atoms with E-state index >= 15 is 0 Å². The van der Waals surface area contributed by atoms with E-state index in [0.717, 1.165) is 24.1 Å². The van der Waals surface area contributed by atoms with Crippen LogP contribution < -0.4 is 62.0 Å². The summed E-state index contributed by atoms with van der Waals surface area (Å²) in [6, 6.07) is 14.7. The molecule has 9 nitrogen and oxygen atoms in total. The van der Waals surface area contributed by atoms with Crippen molar-refractivity contribution in [3.63, 3.8) is 0 Å². The van der Waals surface area contributed by atoms with E-state index in [2.05, 4.69) is 21.1 Å². The van der Waals surface area contributed by atoms with Gasteiger partial charge < -0.3 is 4.55 Å². The zero-order valence-corrected chi connectivity index (χ0v) is 19.6. The van der Waals surface area contributed by atoms with E-state index in [-0.39, 0.29) is 45.2 Å². The van der Waals surface area contributed by atoms with E-state index < -0.39 is 21.0 Å². The molecule has 0 bridgehead atoms. The molecule has 0 saturated carbocycles. The molecule has 0 heterocycles. The summed E-state index contributed by atoms with van der Waals surface area (Å²) in [5.41, 5.74) is 6.15. The van der Waals surface area contributed by atoms with Gasteiger partial charge in [0, 0.05) is 0 Å². The Morgan fingerprint density at radius 3 is 1.94 bits per heavy atom. The van der Waals surface area contributed by atoms with Crippen molar-refractivity contribution >= 4 is 21.5 Å². The molecule has 3 aromatic carbocycles. The minimum atomic E-state index is -4.55. The third-order valence-electron chi connectivity index (χ3n) is 4.18. The molecule has 0 atom stereocenters. The molecule has 0 aliphatic rings. The third-order valence-corrected chi connectivity index (χ3v) is 5.03. The minimum Gasteiger partial charge on any atom is -0.744 e. The van der Waals surface area contributed by atoms with Crippen LogP contribution in [0.4, 0.5) is 11.4 Å². The van der Waals surface area contributed by atoms with Crippen LogP contribution in [-0.2, 0) is 16.5 Å². The molecule has 0 spiro atoms. The van der Waals surface area contributed by atoms with Gasteiger partial charge in [-0.1, -0.05) is 19.1 Å². The summed E-state index contributed by atoms with van der Waals surface area (Å²) in [6.07, 6.45) is 0.888. The molecule has 0 fully saturated rings. The molecular weight excluding hydrogens is 431 g/mol. The summed E-state index contributed by atoms with van der Waals surface area (Å²) in [5, 5.41) is 7.48. The van der Waals surface area contributed by atoms with Gasteiger partial charge in [0.2, 0.25) is 10.9 Å². The average molecular weight is 448 g/mol. The van der Waals surface area contributed by atoms with Crippen LogP contribution in [0.1, 0.15) is 12.5 Å². The maximum absolute atomic E-state index is 12.5. The van der Waals surface area contributed by atoms with Gasteiger partial charge in [-0.25, -0.2) is 8.42 Å². The van der Waals surface area contributed by atoms with Crippen LogP contribution in [0.3, 0.4) is 0 Å². The molecule has 2 N–H and O–H groups in total. The molecule has 0 unspecified atom stereocenters. The number of hydrogen-bond acceptors (Lipinski definition) is 9. The molecule has 31 heavy (non-hydrogen) atoms. The Bertz CT molecular complexity index is 1380. The smallest absolute Gasteiger partial charge is 0.744 e. The number of benzene rings is 3. The topological polar surface area (TPSA) is 140 Å². The number of nitrogens with one attached hydrogen (secondary N) is 2. The first-order valence-electron chi connectivity index (χ1n) is 8.87. The second-order valence-electron chi connectivity index (χ2n) is 6.24. The van der Waals surface area contributed by atoms with Gasteiger partial charge in [0.1, 0.15) is 15.5 Å². The van der Waals surface area contributed by atoms with Crippen LogP contribution in [-0.4, -0.2) is 13.0 Å². The summed E-state index contributed by atoms with van der Waals surface area (Å²) in [7, 11) is -4.55. The van der Waals surface area contributed by atoms with Gasteiger partial charge in [0.25, 0.3) is 0 Å². The van der Waals surface area contributed by atoms with E-state index in [1.807, 2.05) is 19.1 Å². The van der Waals surface area contributed by atoms with Gasteiger partial charge in [-0.05, 0) is 60.5 Å². The fourth-order valence-corrected chi connectivity index (χ4v) is 2.96. The Kier molecular flexibility index (Phi) is 8.43. The largest absolute Gasteiger partial charge is 1.00 e. The molecule has 3 rings (SSSR count). The molecule has 3 aromatic rings. The zero-order chi connectivity index (χ0) is 21.7. The monoisotopic (exact) mass is 448 g/mol. The van der Waals surface area contributed by atoms with Gasteiger partial charge in [0.15, 0.2) is 5.36 Å². The molecule has 0 aromatic heterocycles. The second kappa shape index (κ2) is 10.6. The minimum absolute atomic E-state index is 0. The third kappa shape index (κ3) is 6.42. The first-order valence-corrected chi connectivity index (χ1v) is 10.3. The van der Waals surface area contributed by atoms with E-state index in [9.17, 15) is 22.6 Å². The SMILES string of the molecule is CCc1ccc(NN=c2c(=O)ccc(=NNc3ccc(S(=O)(=O)[O-])cc3)c2=O)cc1.[Na+]. The molecule has 0 aliphatic heterocycles. The summed E-state index contributed by atoms with van der Waals surface area (Å²) in [6.45, 7) is 2.03. The number of hydrogen-bond donors (Lipinski definition) is 2. The summed E-state index contributed by atoms with van der Waals surface area (Å²) in [4.78, 5) is 24.2. The van der Waals surface area contributed by atoms with Crippen LogP contribution in [0.25, 0.3) is 0 Å². The van der Waals surface area contributed by atoms with Crippen molar-refractivity contribution in [3.05, 3.63) is 97.4 Å². The van der Waals surface area contributed by atoms with Crippen molar-refractivity contribution in [2.75, 3.05) is 10.9 Å². The van der Waals surface area contributed by atoms with Crippen molar-refractivity contribution in [1.29, 1.82) is 0 Å². The number of nitrogens with zero attached hydrogens (tertiary/aromatic N) is 2. The average Bonchev–Trinajstić information content (AvgIpc) is 2.73. The van der Waals surface area contributed by atoms with E-state index in [4.69, 9.17) is 0 Å². The Hall–Kier alpha value is -2.63. The van der Waals surface area contributed by atoms with Crippen LogP contribution in [0.2, 0.25) is 0 Å². The quantitative estimate of drug-likeness (QED) is 0.244. The van der Waals surface area contributed by atoms with Crippen LogP contribution >= 0.6 is 0 Å². The van der Waals surface area contributed by atoms with Gasteiger partial charge in [-0.15, -0.1) is 0 Å². The van der Waals surface area contributed by atoms with E-state index in [1.165, 1.54) is 24.3 Å².